The van der Waals surface area contributed by atoms with Crippen molar-refractivity contribution in [3.8, 4) is 5.75 Å². The number of amides is 1. The van der Waals surface area contributed by atoms with Crippen molar-refractivity contribution in [2.75, 3.05) is 0 Å². The van der Waals surface area contributed by atoms with Crippen LogP contribution in [0.1, 0.15) is 180 Å². The Labute approximate surface area is 237 Å². The third kappa shape index (κ3) is 13.0. The van der Waals surface area contributed by atoms with Gasteiger partial charge in [-0.2, -0.15) is 0 Å². The van der Waals surface area contributed by atoms with Gasteiger partial charge in [-0.3, -0.25) is 4.79 Å². The fourth-order valence-corrected chi connectivity index (χ4v) is 5.74. The van der Waals surface area contributed by atoms with Gasteiger partial charge in [0.25, 0.3) is 5.91 Å². The van der Waals surface area contributed by atoms with Crippen molar-refractivity contribution in [1.29, 1.82) is 0 Å². The molecule has 1 rings (SSSR count). The Morgan fingerprint density at radius 3 is 1.53 bits per heavy atom. The molecule has 0 bridgehead atoms. The van der Waals surface area contributed by atoms with E-state index in [1.54, 1.807) is 12.1 Å². The van der Waals surface area contributed by atoms with E-state index < -0.39 is 0 Å². The molecular formula is C35H63NO2. The zero-order valence-electron chi connectivity index (χ0n) is 26.6. The Kier molecular flexibility index (Phi) is 16.3. The number of benzene rings is 1. The fourth-order valence-electron chi connectivity index (χ4n) is 5.74. The van der Waals surface area contributed by atoms with E-state index in [1.807, 2.05) is 6.07 Å². The topological polar surface area (TPSA) is 40.5 Å². The SMILES string of the molecule is CCCCCCCCCCC(CCCCCCCCC)N(C(=O)c1ccc(O)cc1C(C)(C)C)C(C)(C)C. The van der Waals surface area contributed by atoms with E-state index in [-0.39, 0.29) is 28.7 Å². The second-order valence-electron chi connectivity index (χ2n) is 13.7. The van der Waals surface area contributed by atoms with Crippen LogP contribution in [-0.2, 0) is 5.41 Å². The molecular weight excluding hydrogens is 466 g/mol. The van der Waals surface area contributed by atoms with E-state index in [1.165, 1.54) is 96.3 Å². The maximum absolute atomic E-state index is 14.3. The molecule has 0 aliphatic heterocycles. The first-order valence-electron chi connectivity index (χ1n) is 16.1. The molecule has 0 saturated heterocycles. The summed E-state index contributed by atoms with van der Waals surface area (Å²) in [5.74, 6) is 0.349. The van der Waals surface area contributed by atoms with Gasteiger partial charge in [-0.05, 0) is 62.8 Å². The van der Waals surface area contributed by atoms with Crippen LogP contribution in [0.3, 0.4) is 0 Å². The predicted molar refractivity (Wildman–Crippen MR) is 166 cm³/mol. The Balaban J connectivity index is 3.04. The minimum absolute atomic E-state index is 0.120. The third-order valence-electron chi connectivity index (χ3n) is 7.88. The molecule has 1 unspecified atom stereocenters. The molecule has 1 N–H and O–H groups in total. The van der Waals surface area contributed by atoms with Gasteiger partial charge < -0.3 is 10.0 Å². The van der Waals surface area contributed by atoms with Crippen molar-refractivity contribution in [3.05, 3.63) is 29.3 Å². The second-order valence-corrected chi connectivity index (χ2v) is 13.7. The van der Waals surface area contributed by atoms with Crippen LogP contribution in [0.15, 0.2) is 18.2 Å². The van der Waals surface area contributed by atoms with Crippen molar-refractivity contribution < 1.29 is 9.90 Å². The van der Waals surface area contributed by atoms with Gasteiger partial charge in [0.15, 0.2) is 0 Å². The molecule has 0 spiro atoms. The molecule has 0 saturated carbocycles. The van der Waals surface area contributed by atoms with Gasteiger partial charge in [0, 0.05) is 17.1 Å². The van der Waals surface area contributed by atoms with Crippen LogP contribution in [0.2, 0.25) is 0 Å². The lowest BCUT2D eigenvalue weighted by Gasteiger charge is -2.43. The summed E-state index contributed by atoms with van der Waals surface area (Å²) in [5.41, 5.74) is 1.18. The smallest absolute Gasteiger partial charge is 0.254 e. The van der Waals surface area contributed by atoms with E-state index in [0.717, 1.165) is 24.0 Å². The predicted octanol–water partition coefficient (Wildman–Crippen LogP) is 11.0. The minimum atomic E-state index is -0.268. The van der Waals surface area contributed by atoms with E-state index in [0.29, 0.717) is 0 Å². The molecule has 1 aromatic rings. The lowest BCUT2D eigenvalue weighted by Crippen LogP contribution is -2.52. The van der Waals surface area contributed by atoms with Crippen LogP contribution in [0.5, 0.6) is 5.75 Å². The molecule has 1 aromatic carbocycles. The van der Waals surface area contributed by atoms with Crippen molar-refractivity contribution >= 4 is 5.91 Å². The molecule has 3 heteroatoms. The van der Waals surface area contributed by atoms with Gasteiger partial charge in [0.1, 0.15) is 5.75 Å². The summed E-state index contributed by atoms with van der Waals surface area (Å²) in [7, 11) is 0. The molecule has 1 atom stereocenters. The number of carbonyl (C=O) groups excluding carboxylic acids is 1. The second kappa shape index (κ2) is 18.0. The Morgan fingerprint density at radius 2 is 1.13 bits per heavy atom. The highest BCUT2D eigenvalue weighted by molar-refractivity contribution is 5.97. The molecule has 0 aliphatic carbocycles. The van der Waals surface area contributed by atoms with Gasteiger partial charge in [0.05, 0.1) is 0 Å². The minimum Gasteiger partial charge on any atom is -0.508 e. The Morgan fingerprint density at radius 1 is 0.711 bits per heavy atom. The zero-order chi connectivity index (χ0) is 28.6. The highest BCUT2D eigenvalue weighted by Gasteiger charge is 2.35. The lowest BCUT2D eigenvalue weighted by molar-refractivity contribution is 0.0392. The maximum Gasteiger partial charge on any atom is 0.254 e. The van der Waals surface area contributed by atoms with E-state index in [4.69, 9.17) is 0 Å². The van der Waals surface area contributed by atoms with Crippen molar-refractivity contribution in [3.63, 3.8) is 0 Å². The number of nitrogens with zero attached hydrogens (tertiary/aromatic N) is 1. The standard InChI is InChI=1S/C35H63NO2/c1-9-11-13-15-17-19-21-23-25-29(24-22-20-18-16-14-12-10-2)36(35(6,7)8)33(38)31-27-26-30(37)28-32(31)34(3,4)5/h26-29,37H,9-25H2,1-8H3. The van der Waals surface area contributed by atoms with Crippen LogP contribution in [0.25, 0.3) is 0 Å². The summed E-state index contributed by atoms with van der Waals surface area (Å²) in [4.78, 5) is 16.5. The maximum atomic E-state index is 14.3. The normalized spacial score (nSPS) is 13.1. The zero-order valence-corrected chi connectivity index (χ0v) is 26.6. The van der Waals surface area contributed by atoms with Gasteiger partial charge in [-0.15, -0.1) is 0 Å². The molecule has 0 heterocycles. The Bertz CT molecular complexity index is 771. The van der Waals surface area contributed by atoms with Crippen LogP contribution >= 0.6 is 0 Å². The number of hydrogen-bond donors (Lipinski definition) is 1. The average Bonchev–Trinajstić information content (AvgIpc) is 2.83. The first-order valence-corrected chi connectivity index (χ1v) is 16.1. The molecule has 0 radical (unpaired) electrons. The van der Waals surface area contributed by atoms with Crippen LogP contribution in [0.4, 0.5) is 0 Å². The molecule has 38 heavy (non-hydrogen) atoms. The summed E-state index contributed by atoms with van der Waals surface area (Å²) >= 11 is 0. The van der Waals surface area contributed by atoms with E-state index in [9.17, 15) is 9.90 Å². The van der Waals surface area contributed by atoms with Crippen LogP contribution in [-0.4, -0.2) is 27.5 Å². The van der Waals surface area contributed by atoms with Crippen molar-refractivity contribution in [1.82, 2.24) is 4.90 Å². The number of phenols is 1. The summed E-state index contributed by atoms with van der Waals surface area (Å²) in [6.45, 7) is 17.5. The summed E-state index contributed by atoms with van der Waals surface area (Å²) < 4.78 is 0. The summed E-state index contributed by atoms with van der Waals surface area (Å²) in [6.07, 6.45) is 21.7. The van der Waals surface area contributed by atoms with E-state index >= 15 is 0 Å². The van der Waals surface area contributed by atoms with Gasteiger partial charge in [-0.1, -0.05) is 131 Å². The van der Waals surface area contributed by atoms with E-state index in [2.05, 4.69) is 60.3 Å². The number of unbranched alkanes of at least 4 members (excludes halogenated alkanes) is 13. The number of hydrogen-bond acceptors (Lipinski definition) is 2. The molecule has 0 fully saturated rings. The Hall–Kier alpha value is -1.51. The van der Waals surface area contributed by atoms with Crippen LogP contribution in [0, 0.1) is 0 Å². The van der Waals surface area contributed by atoms with Crippen LogP contribution < -0.4 is 0 Å². The number of rotatable bonds is 19. The first-order chi connectivity index (χ1) is 17.9. The largest absolute Gasteiger partial charge is 0.508 e. The summed E-state index contributed by atoms with van der Waals surface area (Å²) in [6, 6.07) is 5.56. The van der Waals surface area contributed by atoms with Gasteiger partial charge in [-0.25, -0.2) is 0 Å². The van der Waals surface area contributed by atoms with Gasteiger partial charge in [0.2, 0.25) is 0 Å². The van der Waals surface area contributed by atoms with Crippen molar-refractivity contribution in [2.45, 2.75) is 182 Å². The average molecular weight is 530 g/mol. The highest BCUT2D eigenvalue weighted by Crippen LogP contribution is 2.33. The molecule has 1 amide bonds. The molecule has 220 valence electrons. The number of carbonyl (C=O) groups is 1. The molecule has 3 nitrogen and oxygen atoms in total. The van der Waals surface area contributed by atoms with Gasteiger partial charge >= 0.3 is 0 Å². The fraction of sp³-hybridized carbons (Fsp3) is 0.800. The molecule has 0 aliphatic rings. The monoisotopic (exact) mass is 529 g/mol. The third-order valence-corrected chi connectivity index (χ3v) is 7.88. The molecule has 0 aromatic heterocycles. The summed E-state index contributed by atoms with van der Waals surface area (Å²) in [5, 5.41) is 10.2. The number of phenolic OH excluding ortho intramolecular Hbond substituents is 1. The van der Waals surface area contributed by atoms with Crippen molar-refractivity contribution in [2.24, 2.45) is 0 Å². The first kappa shape index (κ1) is 34.5. The number of aromatic hydroxyl groups is 1. The quantitative estimate of drug-likeness (QED) is 0.181. The lowest BCUT2D eigenvalue weighted by atomic mass is 9.82. The highest BCUT2D eigenvalue weighted by atomic mass is 16.3.